The summed E-state index contributed by atoms with van der Waals surface area (Å²) in [5.74, 6) is -0.156. The van der Waals surface area contributed by atoms with Gasteiger partial charge in [-0.05, 0) is 44.0 Å². The third-order valence-corrected chi connectivity index (χ3v) is 5.40. The third-order valence-electron chi connectivity index (χ3n) is 5.40. The molecule has 5 nitrogen and oxygen atoms in total. The van der Waals surface area contributed by atoms with Gasteiger partial charge in [0.1, 0.15) is 5.82 Å². The molecular weight excluding hydrogens is 359 g/mol. The molecule has 0 unspecified atom stereocenters. The van der Waals surface area contributed by atoms with E-state index >= 15 is 0 Å². The highest BCUT2D eigenvalue weighted by molar-refractivity contribution is 5.75. The monoisotopic (exact) mass is 381 g/mol. The molecular formula is C19H22F3N3O2. The summed E-state index contributed by atoms with van der Waals surface area (Å²) in [4.78, 5) is 18.4. The van der Waals surface area contributed by atoms with Gasteiger partial charge in [-0.3, -0.25) is 9.69 Å². The molecule has 1 aliphatic heterocycles. The van der Waals surface area contributed by atoms with Crippen molar-refractivity contribution < 1.29 is 23.1 Å². The molecule has 8 heteroatoms. The zero-order chi connectivity index (χ0) is 19.7. The van der Waals surface area contributed by atoms with Crippen molar-refractivity contribution >= 4 is 5.97 Å². The number of aliphatic carboxylic acids is 1. The summed E-state index contributed by atoms with van der Waals surface area (Å²) in [5.41, 5.74) is -1.88. The van der Waals surface area contributed by atoms with Gasteiger partial charge in [0.15, 0.2) is 0 Å². The smallest absolute Gasteiger partial charge is 0.416 e. The molecule has 3 rings (SSSR count). The van der Waals surface area contributed by atoms with Crippen molar-refractivity contribution in [2.45, 2.75) is 32.0 Å². The van der Waals surface area contributed by atoms with E-state index in [0.717, 1.165) is 11.9 Å². The number of nitrogens with zero attached hydrogens (tertiary/aromatic N) is 3. The number of carbonyl (C=O) groups is 1. The maximum absolute atomic E-state index is 13.3. The Morgan fingerprint density at radius 1 is 1.26 bits per heavy atom. The number of alkyl halides is 3. The van der Waals surface area contributed by atoms with Crippen molar-refractivity contribution in [1.29, 1.82) is 0 Å². The number of carboxylic acids is 1. The lowest BCUT2D eigenvalue weighted by molar-refractivity contribution is -0.153. The highest BCUT2D eigenvalue weighted by Gasteiger charge is 2.43. The SMILES string of the molecule is Cn1ccnc1CN1CCC(Cc2ccccc2C(F)(F)F)(C(=O)O)CC1. The molecule has 2 heterocycles. The average molecular weight is 381 g/mol. The van der Waals surface area contributed by atoms with Gasteiger partial charge in [-0.2, -0.15) is 13.2 Å². The Hall–Kier alpha value is -2.35. The van der Waals surface area contributed by atoms with Gasteiger partial charge >= 0.3 is 12.1 Å². The standard InChI is InChI=1S/C19H22F3N3O2/c1-24-11-8-23-16(24)13-25-9-6-18(7-10-25,17(26)27)12-14-4-2-3-5-15(14)19(20,21)22/h2-5,8,11H,6-7,9-10,12-13H2,1H3,(H,26,27). The van der Waals surface area contributed by atoms with Crippen LogP contribution in [-0.2, 0) is 31.0 Å². The average Bonchev–Trinajstić information content (AvgIpc) is 3.01. The molecule has 0 aliphatic carbocycles. The predicted octanol–water partition coefficient (Wildman–Crippen LogP) is 3.35. The Bertz CT molecular complexity index is 809. The molecule has 0 amide bonds. The number of imidazole rings is 1. The van der Waals surface area contributed by atoms with Crippen molar-refractivity contribution in [3.05, 3.63) is 53.6 Å². The molecule has 146 valence electrons. The fourth-order valence-corrected chi connectivity index (χ4v) is 3.67. The van der Waals surface area contributed by atoms with E-state index < -0.39 is 23.1 Å². The van der Waals surface area contributed by atoms with Crippen molar-refractivity contribution in [2.24, 2.45) is 12.5 Å². The largest absolute Gasteiger partial charge is 0.481 e. The number of hydrogen-bond acceptors (Lipinski definition) is 3. The zero-order valence-electron chi connectivity index (χ0n) is 15.0. The van der Waals surface area contributed by atoms with E-state index in [9.17, 15) is 23.1 Å². The molecule has 0 bridgehead atoms. The number of rotatable bonds is 5. The van der Waals surface area contributed by atoms with Crippen LogP contribution in [0, 0.1) is 5.41 Å². The van der Waals surface area contributed by atoms with Gasteiger partial charge in [-0.1, -0.05) is 18.2 Å². The van der Waals surface area contributed by atoms with E-state index in [1.165, 1.54) is 18.2 Å². The van der Waals surface area contributed by atoms with Crippen LogP contribution in [0.4, 0.5) is 13.2 Å². The lowest BCUT2D eigenvalue weighted by atomic mass is 9.73. The first-order valence-electron chi connectivity index (χ1n) is 8.78. The Balaban J connectivity index is 1.76. The minimum absolute atomic E-state index is 0.0463. The minimum atomic E-state index is -4.49. The second-order valence-corrected chi connectivity index (χ2v) is 7.15. The van der Waals surface area contributed by atoms with Gasteiger partial charge in [-0.25, -0.2) is 4.98 Å². The Kier molecular flexibility index (Phi) is 5.28. The van der Waals surface area contributed by atoms with Crippen LogP contribution < -0.4 is 0 Å². The maximum atomic E-state index is 13.3. The highest BCUT2D eigenvalue weighted by Crippen LogP contribution is 2.40. The fourth-order valence-electron chi connectivity index (χ4n) is 3.67. The number of aryl methyl sites for hydroxylation is 1. The normalized spacial score (nSPS) is 17.8. The number of aromatic nitrogens is 2. The summed E-state index contributed by atoms with van der Waals surface area (Å²) >= 11 is 0. The van der Waals surface area contributed by atoms with E-state index in [1.54, 1.807) is 6.20 Å². The quantitative estimate of drug-likeness (QED) is 0.863. The molecule has 1 aromatic heterocycles. The van der Waals surface area contributed by atoms with Crippen molar-refractivity contribution in [3.8, 4) is 0 Å². The van der Waals surface area contributed by atoms with Gasteiger partial charge in [0.25, 0.3) is 0 Å². The summed E-state index contributed by atoms with van der Waals surface area (Å²) in [7, 11) is 1.89. The van der Waals surface area contributed by atoms with Crippen molar-refractivity contribution in [2.75, 3.05) is 13.1 Å². The van der Waals surface area contributed by atoms with E-state index in [1.807, 2.05) is 17.8 Å². The number of likely N-dealkylation sites (tertiary alicyclic amines) is 1. The van der Waals surface area contributed by atoms with Crippen LogP contribution >= 0.6 is 0 Å². The highest BCUT2D eigenvalue weighted by atomic mass is 19.4. The van der Waals surface area contributed by atoms with Crippen LogP contribution in [-0.4, -0.2) is 38.6 Å². The minimum Gasteiger partial charge on any atom is -0.481 e. The first-order chi connectivity index (χ1) is 12.7. The Morgan fingerprint density at radius 3 is 2.48 bits per heavy atom. The van der Waals surface area contributed by atoms with E-state index in [-0.39, 0.29) is 12.0 Å². The molecule has 0 spiro atoms. The molecule has 27 heavy (non-hydrogen) atoms. The lowest BCUT2D eigenvalue weighted by Gasteiger charge is -2.39. The van der Waals surface area contributed by atoms with E-state index in [0.29, 0.717) is 32.5 Å². The number of piperidine rings is 1. The fraction of sp³-hybridized carbons (Fsp3) is 0.474. The molecule has 0 atom stereocenters. The third kappa shape index (κ3) is 4.16. The zero-order valence-corrected chi connectivity index (χ0v) is 15.0. The predicted molar refractivity (Wildman–Crippen MR) is 92.9 cm³/mol. The molecule has 1 fully saturated rings. The number of carboxylic acid groups (broad SMARTS) is 1. The van der Waals surface area contributed by atoms with Gasteiger partial charge in [-0.15, -0.1) is 0 Å². The lowest BCUT2D eigenvalue weighted by Crippen LogP contribution is -2.45. The second kappa shape index (κ2) is 7.34. The number of halogens is 3. The van der Waals surface area contributed by atoms with Crippen LogP contribution in [0.5, 0.6) is 0 Å². The molecule has 1 aliphatic rings. The first-order valence-corrected chi connectivity index (χ1v) is 8.78. The molecule has 2 aromatic rings. The van der Waals surface area contributed by atoms with Crippen LogP contribution in [0.3, 0.4) is 0 Å². The van der Waals surface area contributed by atoms with E-state index in [4.69, 9.17) is 0 Å². The summed E-state index contributed by atoms with van der Waals surface area (Å²) in [5, 5.41) is 9.81. The van der Waals surface area contributed by atoms with Gasteiger partial charge < -0.3 is 9.67 Å². The number of benzene rings is 1. The summed E-state index contributed by atoms with van der Waals surface area (Å²) in [6, 6.07) is 5.25. The Morgan fingerprint density at radius 2 is 1.93 bits per heavy atom. The summed E-state index contributed by atoms with van der Waals surface area (Å²) < 4.78 is 41.7. The topological polar surface area (TPSA) is 58.4 Å². The molecule has 1 saturated heterocycles. The van der Waals surface area contributed by atoms with Crippen LogP contribution in [0.25, 0.3) is 0 Å². The number of hydrogen-bond donors (Lipinski definition) is 1. The second-order valence-electron chi connectivity index (χ2n) is 7.15. The van der Waals surface area contributed by atoms with E-state index in [2.05, 4.69) is 9.88 Å². The molecule has 0 saturated carbocycles. The summed E-state index contributed by atoms with van der Waals surface area (Å²) in [6.07, 6.45) is -0.453. The van der Waals surface area contributed by atoms with Gasteiger partial charge in [0.05, 0.1) is 17.5 Å². The molecule has 1 N–H and O–H groups in total. The van der Waals surface area contributed by atoms with Crippen molar-refractivity contribution in [1.82, 2.24) is 14.5 Å². The molecule has 0 radical (unpaired) electrons. The van der Waals surface area contributed by atoms with Crippen molar-refractivity contribution in [3.63, 3.8) is 0 Å². The van der Waals surface area contributed by atoms with Gasteiger partial charge in [0.2, 0.25) is 0 Å². The van der Waals surface area contributed by atoms with Crippen LogP contribution in [0.1, 0.15) is 29.8 Å². The maximum Gasteiger partial charge on any atom is 0.416 e. The van der Waals surface area contributed by atoms with Crippen LogP contribution in [0.2, 0.25) is 0 Å². The Labute approximate surface area is 155 Å². The van der Waals surface area contributed by atoms with Gasteiger partial charge in [0, 0.05) is 19.4 Å². The first kappa shape index (κ1) is 19.4. The summed E-state index contributed by atoms with van der Waals surface area (Å²) in [6.45, 7) is 1.61. The van der Waals surface area contributed by atoms with Crippen LogP contribution in [0.15, 0.2) is 36.7 Å². The molecule has 1 aromatic carbocycles.